The van der Waals surface area contributed by atoms with E-state index >= 15 is 4.39 Å². The number of anilines is 3. The lowest BCUT2D eigenvalue weighted by atomic mass is 9.88. The van der Waals surface area contributed by atoms with Crippen molar-refractivity contribution < 1.29 is 23.6 Å². The number of allylic oxidation sites excluding steroid dienone is 4. The van der Waals surface area contributed by atoms with Crippen LogP contribution in [0.1, 0.15) is 78.4 Å². The summed E-state index contributed by atoms with van der Waals surface area (Å²) in [7, 11) is 5.29. The van der Waals surface area contributed by atoms with Gasteiger partial charge in [0.05, 0.1) is 24.0 Å². The number of benzene rings is 2. The largest absolute Gasteiger partial charge is 0.384 e. The molecule has 4 aliphatic heterocycles. The number of amides is 3. The fraction of sp³-hybridized carbons (Fsp3) is 0.481. The van der Waals surface area contributed by atoms with E-state index in [-0.39, 0.29) is 30.7 Å². The Morgan fingerprint density at radius 1 is 0.940 bits per heavy atom. The molecule has 3 aromatic rings. The van der Waals surface area contributed by atoms with Crippen LogP contribution in [0.5, 0.6) is 0 Å². The molecule has 14 nitrogen and oxygen atoms in total. The second-order valence-corrected chi connectivity index (χ2v) is 18.8. The summed E-state index contributed by atoms with van der Waals surface area (Å²) in [4.78, 5) is 63.9. The zero-order valence-electron chi connectivity index (χ0n) is 39.8. The zero-order chi connectivity index (χ0) is 47.5. The van der Waals surface area contributed by atoms with Gasteiger partial charge in [-0.25, -0.2) is 14.9 Å². The van der Waals surface area contributed by atoms with Gasteiger partial charge in [0.2, 0.25) is 12.3 Å². The standard InChI is InChI=1S/C52H69FN10O4/c1-37(30-38(2)46(16-21-55-3)43-11-14-48(54)56-31-43)32-59-22-19-41(20-23-59)40-6-8-42(9-7-40)52(66)62-24-17-39(18-25-62)33-60-26-28-61(29-27-60)34-44-10-13-47(51(50(44)53)58(4)5)63(36-64)45-12-15-49(65)57-67-35-45/h6-11,13-14,16,21,30-31,36,39,41,45H,2,12,15,17-20,22-29,32-35H2,1,3-5H3,(H2,54,56)(H,57,65)/b37-30+,46-16+,55-21?. The van der Waals surface area contributed by atoms with Crippen molar-refractivity contribution in [2.24, 2.45) is 10.9 Å². The molecule has 1 unspecified atom stereocenters. The fourth-order valence-corrected chi connectivity index (χ4v) is 10.00. The van der Waals surface area contributed by atoms with Gasteiger partial charge in [0.15, 0.2) is 5.82 Å². The number of hydrogen-bond donors (Lipinski definition) is 2. The molecule has 4 fully saturated rings. The van der Waals surface area contributed by atoms with Crippen LogP contribution >= 0.6 is 0 Å². The molecular weight excluding hydrogens is 848 g/mol. The SMILES string of the molecule is C=C(/C=C(\C)CN1CCC(c2ccc(C(=O)N3CCC(CN4CCN(Cc5ccc(N(C=O)C6CCC(=O)NOC6)c(N(C)C)c5F)CC4)CC3)cc2)CC1)/C(=C\C=NC)c1ccc(N)nc1. The Morgan fingerprint density at radius 2 is 1.64 bits per heavy atom. The molecule has 1 atom stereocenters. The number of likely N-dealkylation sites (tertiary alicyclic amines) is 2. The number of hydrogen-bond acceptors (Lipinski definition) is 11. The Balaban J connectivity index is 0.827. The summed E-state index contributed by atoms with van der Waals surface area (Å²) in [5, 5.41) is 0. The van der Waals surface area contributed by atoms with Gasteiger partial charge >= 0.3 is 0 Å². The Kier molecular flexibility index (Phi) is 17.1. The van der Waals surface area contributed by atoms with E-state index in [4.69, 9.17) is 10.6 Å². The van der Waals surface area contributed by atoms with Crippen LogP contribution in [-0.4, -0.2) is 148 Å². The van der Waals surface area contributed by atoms with Crippen molar-refractivity contribution in [2.75, 3.05) is 109 Å². The molecule has 3 amide bonds. The highest BCUT2D eigenvalue weighted by Gasteiger charge is 2.30. The summed E-state index contributed by atoms with van der Waals surface area (Å²) in [5.74, 6) is 1.03. The van der Waals surface area contributed by atoms with Crippen LogP contribution in [0.15, 0.2) is 89.6 Å². The number of halogens is 1. The second kappa shape index (κ2) is 23.3. The number of aliphatic imine (C=N–C) groups is 1. The van der Waals surface area contributed by atoms with E-state index in [0.29, 0.717) is 54.0 Å². The van der Waals surface area contributed by atoms with Gasteiger partial charge in [-0.15, -0.1) is 0 Å². The Bertz CT molecular complexity index is 2270. The fourth-order valence-electron chi connectivity index (χ4n) is 10.00. The van der Waals surface area contributed by atoms with Crippen LogP contribution in [0.3, 0.4) is 0 Å². The summed E-state index contributed by atoms with van der Waals surface area (Å²) >= 11 is 0. The number of piperazine rings is 1. The van der Waals surface area contributed by atoms with Crippen molar-refractivity contribution in [1.29, 1.82) is 0 Å². The molecule has 0 spiro atoms. The van der Waals surface area contributed by atoms with E-state index in [1.807, 2.05) is 29.2 Å². The summed E-state index contributed by atoms with van der Waals surface area (Å²) in [6.07, 6.45) is 13.1. The predicted molar refractivity (Wildman–Crippen MR) is 266 cm³/mol. The van der Waals surface area contributed by atoms with Crippen molar-refractivity contribution in [1.82, 2.24) is 30.1 Å². The van der Waals surface area contributed by atoms with Gasteiger partial charge < -0.3 is 25.3 Å². The van der Waals surface area contributed by atoms with E-state index in [9.17, 15) is 14.4 Å². The Hall–Kier alpha value is -5.74. The third-order valence-corrected chi connectivity index (χ3v) is 13.8. The molecule has 67 heavy (non-hydrogen) atoms. The lowest BCUT2D eigenvalue weighted by Gasteiger charge is -2.39. The maximum atomic E-state index is 16.2. The smallest absolute Gasteiger partial charge is 0.253 e. The van der Waals surface area contributed by atoms with Gasteiger partial charge in [-0.05, 0) is 117 Å². The molecule has 4 aliphatic rings. The molecular formula is C52H69FN10O4. The van der Waals surface area contributed by atoms with E-state index < -0.39 is 6.04 Å². The first kappa shape index (κ1) is 49.2. The van der Waals surface area contributed by atoms with Crippen LogP contribution in [-0.2, 0) is 21.0 Å². The predicted octanol–water partition coefficient (Wildman–Crippen LogP) is 6.18. The molecule has 0 bridgehead atoms. The molecule has 4 saturated heterocycles. The summed E-state index contributed by atoms with van der Waals surface area (Å²) in [6, 6.07) is 15.3. The number of piperidine rings is 2. The minimum absolute atomic E-state index is 0.119. The molecule has 7 rings (SSSR count). The van der Waals surface area contributed by atoms with Crippen molar-refractivity contribution in [3.8, 4) is 0 Å². The van der Waals surface area contributed by atoms with Crippen LogP contribution < -0.4 is 21.0 Å². The van der Waals surface area contributed by atoms with E-state index in [1.54, 1.807) is 56.7 Å². The molecule has 358 valence electrons. The highest BCUT2D eigenvalue weighted by Crippen LogP contribution is 2.36. The highest BCUT2D eigenvalue weighted by atomic mass is 19.1. The average molecular weight is 917 g/mol. The number of nitrogens with two attached hydrogens (primary N) is 1. The van der Waals surface area contributed by atoms with Crippen LogP contribution in [0.25, 0.3) is 5.57 Å². The molecule has 0 saturated carbocycles. The summed E-state index contributed by atoms with van der Waals surface area (Å²) in [5.41, 5.74) is 15.7. The van der Waals surface area contributed by atoms with Gasteiger partial charge in [0, 0.05) is 116 Å². The third kappa shape index (κ3) is 12.8. The first-order chi connectivity index (χ1) is 32.4. The number of carbonyl (C=O) groups is 3. The topological polar surface area (TPSA) is 143 Å². The number of nitrogens with one attached hydrogen (secondary N) is 1. The minimum atomic E-state index is -0.400. The lowest BCUT2D eigenvalue weighted by molar-refractivity contribution is -0.131. The lowest BCUT2D eigenvalue weighted by Crippen LogP contribution is -2.48. The Labute approximate surface area is 396 Å². The van der Waals surface area contributed by atoms with Crippen molar-refractivity contribution in [2.45, 2.75) is 64.0 Å². The molecule has 2 aromatic carbocycles. The van der Waals surface area contributed by atoms with Crippen molar-refractivity contribution in [3.05, 3.63) is 113 Å². The number of hydroxylamine groups is 1. The van der Waals surface area contributed by atoms with Crippen molar-refractivity contribution >= 4 is 47.2 Å². The third-order valence-electron chi connectivity index (χ3n) is 13.8. The van der Waals surface area contributed by atoms with Gasteiger partial charge in [0.1, 0.15) is 5.82 Å². The molecule has 1 aromatic heterocycles. The van der Waals surface area contributed by atoms with E-state index in [1.165, 1.54) is 16.0 Å². The molecule has 5 heterocycles. The van der Waals surface area contributed by atoms with Gasteiger partial charge in [0.25, 0.3) is 5.91 Å². The van der Waals surface area contributed by atoms with Crippen LogP contribution in [0.4, 0.5) is 21.6 Å². The summed E-state index contributed by atoms with van der Waals surface area (Å²) in [6.45, 7) is 16.0. The number of carbonyl (C=O) groups excluding carboxylic acids is 3. The second-order valence-electron chi connectivity index (χ2n) is 18.8. The van der Waals surface area contributed by atoms with E-state index in [2.05, 4.69) is 61.9 Å². The quantitative estimate of drug-likeness (QED) is 0.0973. The number of aromatic nitrogens is 1. The zero-order valence-corrected chi connectivity index (χ0v) is 39.8. The first-order valence-electron chi connectivity index (χ1n) is 23.8. The molecule has 0 radical (unpaired) electrons. The monoisotopic (exact) mass is 917 g/mol. The summed E-state index contributed by atoms with van der Waals surface area (Å²) < 4.78 is 16.2. The molecule has 3 N–H and O–H groups in total. The maximum Gasteiger partial charge on any atom is 0.253 e. The minimum Gasteiger partial charge on any atom is -0.384 e. The normalized spacial score (nSPS) is 20.2. The van der Waals surface area contributed by atoms with Crippen LogP contribution in [0, 0.1) is 11.7 Å². The van der Waals surface area contributed by atoms with E-state index in [0.717, 1.165) is 113 Å². The average Bonchev–Trinajstić information content (AvgIpc) is 3.55. The van der Waals surface area contributed by atoms with Gasteiger partial charge in [-0.3, -0.25) is 34.0 Å². The molecule has 15 heteroatoms. The number of nitrogens with zero attached hydrogens (tertiary/aromatic N) is 8. The first-order valence-corrected chi connectivity index (χ1v) is 23.8. The van der Waals surface area contributed by atoms with Gasteiger partial charge in [-0.2, -0.15) is 0 Å². The number of nitrogen functional groups attached to an aromatic ring is 1. The highest BCUT2D eigenvalue weighted by molar-refractivity contribution is 5.94. The maximum absolute atomic E-state index is 16.2. The van der Waals surface area contributed by atoms with Crippen molar-refractivity contribution in [3.63, 3.8) is 0 Å². The number of pyridine rings is 1. The number of rotatable bonds is 16. The van der Waals surface area contributed by atoms with Gasteiger partial charge in [-0.1, -0.05) is 36.4 Å². The van der Waals surface area contributed by atoms with Crippen LogP contribution in [0.2, 0.25) is 0 Å². The molecule has 0 aliphatic carbocycles. The Morgan fingerprint density at radius 3 is 2.30 bits per heavy atom.